The maximum absolute atomic E-state index is 5.29. The fourth-order valence-electron chi connectivity index (χ4n) is 1.80. The Morgan fingerprint density at radius 3 is 2.70 bits per heavy atom. The second-order valence-electron chi connectivity index (χ2n) is 4.09. The van der Waals surface area contributed by atoms with Crippen LogP contribution in [0.5, 0.6) is 11.5 Å². The second kappa shape index (κ2) is 7.28. The molecule has 20 heavy (non-hydrogen) atoms. The number of rotatable bonds is 6. The van der Waals surface area contributed by atoms with Crippen LogP contribution >= 0.6 is 22.6 Å². The van der Waals surface area contributed by atoms with Crippen LogP contribution in [-0.2, 0) is 6.42 Å². The average Bonchev–Trinajstić information content (AvgIpc) is 2.49. The molecule has 0 saturated heterocycles. The van der Waals surface area contributed by atoms with Gasteiger partial charge in [0.05, 0.1) is 17.8 Å². The van der Waals surface area contributed by atoms with Crippen molar-refractivity contribution in [3.8, 4) is 11.5 Å². The molecule has 2 aromatic rings. The van der Waals surface area contributed by atoms with E-state index in [2.05, 4.69) is 37.9 Å². The maximum Gasteiger partial charge on any atom is 0.160 e. The highest BCUT2D eigenvalue weighted by molar-refractivity contribution is 14.1. The van der Waals surface area contributed by atoms with Gasteiger partial charge >= 0.3 is 0 Å². The lowest BCUT2D eigenvalue weighted by Gasteiger charge is -2.10. The van der Waals surface area contributed by atoms with Crippen LogP contribution in [0.15, 0.2) is 30.7 Å². The first-order valence-electron chi connectivity index (χ1n) is 6.15. The van der Waals surface area contributed by atoms with Crippen LogP contribution in [0.2, 0.25) is 0 Å². The Labute approximate surface area is 131 Å². The van der Waals surface area contributed by atoms with E-state index in [1.54, 1.807) is 26.7 Å². The minimum Gasteiger partial charge on any atom is -0.493 e. The molecular formula is C14H16IN3O2. The molecule has 6 heteroatoms. The molecule has 5 nitrogen and oxygen atoms in total. The highest BCUT2D eigenvalue weighted by atomic mass is 127. The summed E-state index contributed by atoms with van der Waals surface area (Å²) in [6.45, 7) is 0.794. The van der Waals surface area contributed by atoms with Crippen LogP contribution in [0.1, 0.15) is 5.56 Å². The minimum absolute atomic E-state index is 0.745. The molecule has 0 aliphatic heterocycles. The molecule has 1 aromatic heterocycles. The van der Waals surface area contributed by atoms with Gasteiger partial charge in [0.2, 0.25) is 0 Å². The summed E-state index contributed by atoms with van der Waals surface area (Å²) in [6.07, 6.45) is 4.20. The van der Waals surface area contributed by atoms with Crippen molar-refractivity contribution < 1.29 is 9.47 Å². The predicted molar refractivity (Wildman–Crippen MR) is 86.5 cm³/mol. The Morgan fingerprint density at radius 2 is 2.00 bits per heavy atom. The topological polar surface area (TPSA) is 56.3 Å². The number of ether oxygens (including phenoxy) is 2. The van der Waals surface area contributed by atoms with Crippen LogP contribution in [0, 0.1) is 3.57 Å². The van der Waals surface area contributed by atoms with E-state index < -0.39 is 0 Å². The van der Waals surface area contributed by atoms with Gasteiger partial charge in [-0.1, -0.05) is 6.07 Å². The van der Waals surface area contributed by atoms with E-state index in [9.17, 15) is 0 Å². The largest absolute Gasteiger partial charge is 0.493 e. The van der Waals surface area contributed by atoms with E-state index in [1.165, 1.54) is 5.56 Å². The number of nitrogens with zero attached hydrogens (tertiary/aromatic N) is 2. The smallest absolute Gasteiger partial charge is 0.160 e. The van der Waals surface area contributed by atoms with Crippen LogP contribution in [0.25, 0.3) is 0 Å². The minimum atomic E-state index is 0.745. The summed E-state index contributed by atoms with van der Waals surface area (Å²) in [5, 5.41) is 3.30. The maximum atomic E-state index is 5.29. The van der Waals surface area contributed by atoms with Crippen molar-refractivity contribution in [3.63, 3.8) is 0 Å². The lowest BCUT2D eigenvalue weighted by molar-refractivity contribution is 0.354. The Kier molecular flexibility index (Phi) is 5.40. The predicted octanol–water partition coefficient (Wildman–Crippen LogP) is 2.75. The van der Waals surface area contributed by atoms with E-state index in [1.807, 2.05) is 18.2 Å². The molecule has 0 atom stereocenters. The summed E-state index contributed by atoms with van der Waals surface area (Å²) >= 11 is 2.21. The third kappa shape index (κ3) is 3.72. The molecule has 0 fully saturated rings. The highest BCUT2D eigenvalue weighted by Crippen LogP contribution is 2.27. The summed E-state index contributed by atoms with van der Waals surface area (Å²) in [7, 11) is 3.28. The van der Waals surface area contributed by atoms with Crippen molar-refractivity contribution in [2.45, 2.75) is 6.42 Å². The van der Waals surface area contributed by atoms with Gasteiger partial charge in [0.15, 0.2) is 11.5 Å². The number of halogens is 1. The quantitative estimate of drug-likeness (QED) is 0.776. The second-order valence-corrected chi connectivity index (χ2v) is 5.25. The zero-order chi connectivity index (χ0) is 14.4. The molecule has 0 bridgehead atoms. The number of nitrogens with one attached hydrogen (secondary N) is 1. The van der Waals surface area contributed by atoms with Crippen LogP contribution in [0.4, 0.5) is 5.82 Å². The Hall–Kier alpha value is -1.57. The van der Waals surface area contributed by atoms with Crippen molar-refractivity contribution in [1.82, 2.24) is 9.97 Å². The number of hydrogen-bond donors (Lipinski definition) is 1. The van der Waals surface area contributed by atoms with E-state index >= 15 is 0 Å². The van der Waals surface area contributed by atoms with Gasteiger partial charge < -0.3 is 14.8 Å². The van der Waals surface area contributed by atoms with Crippen molar-refractivity contribution in [2.24, 2.45) is 0 Å². The SMILES string of the molecule is COc1ccc(CCNc2ncncc2I)cc1OC. The van der Waals surface area contributed by atoms with Crippen LogP contribution in [0.3, 0.4) is 0 Å². The molecule has 0 spiro atoms. The number of hydrogen-bond acceptors (Lipinski definition) is 5. The summed E-state index contributed by atoms with van der Waals surface area (Å²) in [4.78, 5) is 8.16. The van der Waals surface area contributed by atoms with E-state index in [0.29, 0.717) is 0 Å². The molecule has 0 aliphatic carbocycles. The highest BCUT2D eigenvalue weighted by Gasteiger charge is 2.05. The van der Waals surface area contributed by atoms with Crippen molar-refractivity contribution >= 4 is 28.4 Å². The molecule has 0 radical (unpaired) electrons. The third-order valence-corrected chi connectivity index (χ3v) is 3.61. The Bertz CT molecular complexity index is 578. The number of aromatic nitrogens is 2. The molecule has 0 aliphatic rings. The first kappa shape index (κ1) is 14.8. The molecule has 1 heterocycles. The lowest BCUT2D eigenvalue weighted by Crippen LogP contribution is -2.08. The zero-order valence-electron chi connectivity index (χ0n) is 11.4. The van der Waals surface area contributed by atoms with Gasteiger partial charge in [0.25, 0.3) is 0 Å². The lowest BCUT2D eigenvalue weighted by atomic mass is 10.1. The molecular weight excluding hydrogens is 369 g/mol. The standard InChI is InChI=1S/C14H16IN3O2/c1-19-12-4-3-10(7-13(12)20-2)5-6-17-14-11(15)8-16-9-18-14/h3-4,7-9H,5-6H2,1-2H3,(H,16,17,18). The third-order valence-electron chi connectivity index (χ3n) is 2.82. The number of anilines is 1. The first-order valence-corrected chi connectivity index (χ1v) is 7.22. The van der Waals surface area contributed by atoms with Gasteiger partial charge in [-0.2, -0.15) is 0 Å². The zero-order valence-corrected chi connectivity index (χ0v) is 13.5. The monoisotopic (exact) mass is 385 g/mol. The summed E-state index contributed by atoms with van der Waals surface area (Å²) in [5.41, 5.74) is 1.18. The van der Waals surface area contributed by atoms with Crippen LogP contribution < -0.4 is 14.8 Å². The normalized spacial score (nSPS) is 10.2. The fourth-order valence-corrected chi connectivity index (χ4v) is 2.29. The van der Waals surface area contributed by atoms with Gasteiger partial charge in [-0.25, -0.2) is 9.97 Å². The Balaban J connectivity index is 1.96. The van der Waals surface area contributed by atoms with Crippen molar-refractivity contribution in [3.05, 3.63) is 39.9 Å². The van der Waals surface area contributed by atoms with Crippen molar-refractivity contribution in [1.29, 1.82) is 0 Å². The van der Waals surface area contributed by atoms with Gasteiger partial charge in [-0.05, 0) is 46.7 Å². The molecule has 0 saturated carbocycles. The summed E-state index contributed by atoms with van der Waals surface area (Å²) < 4.78 is 11.5. The summed E-state index contributed by atoms with van der Waals surface area (Å²) in [6, 6.07) is 5.95. The fraction of sp³-hybridized carbons (Fsp3) is 0.286. The van der Waals surface area contributed by atoms with Crippen molar-refractivity contribution in [2.75, 3.05) is 26.1 Å². The van der Waals surface area contributed by atoms with Crippen LogP contribution in [-0.4, -0.2) is 30.7 Å². The Morgan fingerprint density at radius 1 is 1.20 bits per heavy atom. The van der Waals surface area contributed by atoms with Gasteiger partial charge in [0.1, 0.15) is 12.1 Å². The molecule has 1 aromatic carbocycles. The molecule has 0 unspecified atom stereocenters. The van der Waals surface area contributed by atoms with E-state index in [4.69, 9.17) is 9.47 Å². The first-order chi connectivity index (χ1) is 9.74. The summed E-state index contributed by atoms with van der Waals surface area (Å²) in [5.74, 6) is 2.36. The average molecular weight is 385 g/mol. The molecule has 2 rings (SSSR count). The molecule has 1 N–H and O–H groups in total. The van der Waals surface area contributed by atoms with E-state index in [0.717, 1.165) is 33.9 Å². The van der Waals surface area contributed by atoms with Gasteiger partial charge in [0, 0.05) is 12.7 Å². The van der Waals surface area contributed by atoms with Gasteiger partial charge in [-0.3, -0.25) is 0 Å². The number of benzene rings is 1. The molecule has 106 valence electrons. The van der Waals surface area contributed by atoms with Gasteiger partial charge in [-0.15, -0.1) is 0 Å². The van der Waals surface area contributed by atoms with E-state index in [-0.39, 0.29) is 0 Å². The number of methoxy groups -OCH3 is 2. The molecule has 0 amide bonds.